The molecule has 5 heteroatoms. The Hall–Kier alpha value is -2.14. The highest BCUT2D eigenvalue weighted by Gasteiger charge is 2.06. The average Bonchev–Trinajstić information content (AvgIpc) is 2.91. The van der Waals surface area contributed by atoms with E-state index in [1.807, 2.05) is 59.4 Å². The van der Waals surface area contributed by atoms with Gasteiger partial charge in [-0.05, 0) is 30.3 Å². The molecule has 0 aliphatic heterocycles. The molecule has 21 heavy (non-hydrogen) atoms. The minimum atomic E-state index is -0.0168. The standard InChI is InChI=1S/C16H14BrN3O/c17-13-5-7-14(8-6-13)19-16(21)9-10-20-15-4-2-1-3-12(15)11-18-20/h1-8,11H,9-10H2,(H,19,21). The molecule has 0 radical (unpaired) electrons. The van der Waals surface area contributed by atoms with E-state index in [9.17, 15) is 4.79 Å². The number of anilines is 1. The van der Waals surface area contributed by atoms with E-state index in [0.717, 1.165) is 21.1 Å². The number of rotatable bonds is 4. The molecule has 0 aliphatic carbocycles. The van der Waals surface area contributed by atoms with Crippen LogP contribution in [-0.4, -0.2) is 15.7 Å². The first kappa shape index (κ1) is 13.8. The van der Waals surface area contributed by atoms with Crippen LogP contribution in [0.4, 0.5) is 5.69 Å². The lowest BCUT2D eigenvalue weighted by Crippen LogP contribution is -2.14. The number of nitrogens with zero attached hydrogens (tertiary/aromatic N) is 2. The number of fused-ring (bicyclic) bond motifs is 1. The quantitative estimate of drug-likeness (QED) is 0.782. The van der Waals surface area contributed by atoms with Gasteiger partial charge in [0.25, 0.3) is 0 Å². The number of carbonyl (C=O) groups is 1. The lowest BCUT2D eigenvalue weighted by Gasteiger charge is -2.06. The van der Waals surface area contributed by atoms with E-state index in [-0.39, 0.29) is 5.91 Å². The van der Waals surface area contributed by atoms with Crippen molar-refractivity contribution >= 4 is 38.4 Å². The van der Waals surface area contributed by atoms with E-state index in [2.05, 4.69) is 26.3 Å². The molecule has 4 nitrogen and oxygen atoms in total. The van der Waals surface area contributed by atoms with Crippen molar-refractivity contribution < 1.29 is 4.79 Å². The summed E-state index contributed by atoms with van der Waals surface area (Å²) in [7, 11) is 0. The Bertz CT molecular complexity index is 765. The first-order valence-corrected chi connectivity index (χ1v) is 7.48. The minimum Gasteiger partial charge on any atom is -0.326 e. The monoisotopic (exact) mass is 343 g/mol. The average molecular weight is 344 g/mol. The smallest absolute Gasteiger partial charge is 0.226 e. The molecular weight excluding hydrogens is 330 g/mol. The third kappa shape index (κ3) is 3.31. The molecule has 0 saturated carbocycles. The van der Waals surface area contributed by atoms with Crippen molar-refractivity contribution in [2.24, 2.45) is 0 Å². The molecular formula is C16H14BrN3O. The van der Waals surface area contributed by atoms with E-state index in [1.54, 1.807) is 0 Å². The Labute approximate surface area is 130 Å². The van der Waals surface area contributed by atoms with Crippen LogP contribution >= 0.6 is 15.9 Å². The van der Waals surface area contributed by atoms with Crippen LogP contribution in [0.1, 0.15) is 6.42 Å². The van der Waals surface area contributed by atoms with Crippen molar-refractivity contribution in [2.75, 3.05) is 5.32 Å². The van der Waals surface area contributed by atoms with Crippen molar-refractivity contribution in [3.63, 3.8) is 0 Å². The number of halogens is 1. The molecule has 0 fully saturated rings. The van der Waals surface area contributed by atoms with E-state index in [0.29, 0.717) is 13.0 Å². The number of carbonyl (C=O) groups excluding carboxylic acids is 1. The van der Waals surface area contributed by atoms with E-state index in [4.69, 9.17) is 0 Å². The summed E-state index contributed by atoms with van der Waals surface area (Å²) in [6.07, 6.45) is 2.21. The van der Waals surface area contributed by atoms with Crippen molar-refractivity contribution in [1.82, 2.24) is 9.78 Å². The number of aromatic nitrogens is 2. The summed E-state index contributed by atoms with van der Waals surface area (Å²) in [5.41, 5.74) is 1.85. The largest absolute Gasteiger partial charge is 0.326 e. The molecule has 1 heterocycles. The maximum atomic E-state index is 12.0. The van der Waals surface area contributed by atoms with Gasteiger partial charge < -0.3 is 5.32 Å². The Morgan fingerprint density at radius 1 is 1.14 bits per heavy atom. The maximum Gasteiger partial charge on any atom is 0.226 e. The fraction of sp³-hybridized carbons (Fsp3) is 0.125. The third-order valence-electron chi connectivity index (χ3n) is 3.23. The molecule has 2 aromatic carbocycles. The molecule has 0 unspecified atom stereocenters. The number of para-hydroxylation sites is 1. The van der Waals surface area contributed by atoms with Gasteiger partial charge in [-0.3, -0.25) is 9.48 Å². The predicted molar refractivity (Wildman–Crippen MR) is 87.1 cm³/mol. The molecule has 0 bridgehead atoms. The van der Waals surface area contributed by atoms with Gasteiger partial charge in [0, 0.05) is 22.0 Å². The second-order valence-corrected chi connectivity index (χ2v) is 5.65. The Morgan fingerprint density at radius 3 is 2.71 bits per heavy atom. The summed E-state index contributed by atoms with van der Waals surface area (Å²) in [5.74, 6) is -0.0168. The number of aryl methyl sites for hydroxylation is 1. The SMILES string of the molecule is O=C(CCn1ncc2ccccc21)Nc1ccc(Br)cc1. The molecule has 1 N–H and O–H groups in total. The van der Waals surface area contributed by atoms with Crippen LogP contribution in [-0.2, 0) is 11.3 Å². The normalized spacial score (nSPS) is 10.7. The van der Waals surface area contributed by atoms with Gasteiger partial charge in [-0.1, -0.05) is 34.1 Å². The summed E-state index contributed by atoms with van der Waals surface area (Å²) in [6, 6.07) is 15.5. The summed E-state index contributed by atoms with van der Waals surface area (Å²) in [4.78, 5) is 12.0. The zero-order chi connectivity index (χ0) is 14.7. The fourth-order valence-corrected chi connectivity index (χ4v) is 2.43. The van der Waals surface area contributed by atoms with Gasteiger partial charge in [-0.15, -0.1) is 0 Å². The van der Waals surface area contributed by atoms with Crippen LogP contribution in [0.2, 0.25) is 0 Å². The lowest BCUT2D eigenvalue weighted by molar-refractivity contribution is -0.116. The summed E-state index contributed by atoms with van der Waals surface area (Å²) in [5, 5.41) is 8.28. The molecule has 106 valence electrons. The van der Waals surface area contributed by atoms with Crippen LogP contribution in [0, 0.1) is 0 Å². The maximum absolute atomic E-state index is 12.0. The van der Waals surface area contributed by atoms with E-state index < -0.39 is 0 Å². The van der Waals surface area contributed by atoms with Gasteiger partial charge in [-0.25, -0.2) is 0 Å². The van der Waals surface area contributed by atoms with Gasteiger partial charge in [0.05, 0.1) is 18.3 Å². The number of hydrogen-bond donors (Lipinski definition) is 1. The van der Waals surface area contributed by atoms with Gasteiger partial charge in [-0.2, -0.15) is 5.10 Å². The van der Waals surface area contributed by atoms with Crippen molar-refractivity contribution in [2.45, 2.75) is 13.0 Å². The minimum absolute atomic E-state index is 0.0168. The number of hydrogen-bond acceptors (Lipinski definition) is 2. The van der Waals surface area contributed by atoms with Crippen LogP contribution in [0.5, 0.6) is 0 Å². The molecule has 0 aliphatic rings. The van der Waals surface area contributed by atoms with Gasteiger partial charge in [0.15, 0.2) is 0 Å². The van der Waals surface area contributed by atoms with Crippen LogP contribution in [0.15, 0.2) is 59.2 Å². The molecule has 3 aromatic rings. The van der Waals surface area contributed by atoms with Crippen molar-refractivity contribution in [1.29, 1.82) is 0 Å². The third-order valence-corrected chi connectivity index (χ3v) is 3.76. The van der Waals surface area contributed by atoms with Gasteiger partial charge in [0.1, 0.15) is 0 Å². The first-order chi connectivity index (χ1) is 10.2. The number of benzene rings is 2. The topological polar surface area (TPSA) is 46.9 Å². The Morgan fingerprint density at radius 2 is 1.90 bits per heavy atom. The summed E-state index contributed by atoms with van der Waals surface area (Å²) >= 11 is 3.37. The second kappa shape index (κ2) is 6.10. The highest BCUT2D eigenvalue weighted by molar-refractivity contribution is 9.10. The van der Waals surface area contributed by atoms with Gasteiger partial charge in [0.2, 0.25) is 5.91 Å². The highest BCUT2D eigenvalue weighted by atomic mass is 79.9. The Kier molecular flexibility index (Phi) is 4.01. The number of nitrogens with one attached hydrogen (secondary N) is 1. The van der Waals surface area contributed by atoms with Crippen LogP contribution in [0.3, 0.4) is 0 Å². The molecule has 1 aromatic heterocycles. The zero-order valence-corrected chi connectivity index (χ0v) is 12.9. The summed E-state index contributed by atoms with van der Waals surface area (Å²) < 4.78 is 2.85. The summed E-state index contributed by atoms with van der Waals surface area (Å²) in [6.45, 7) is 0.565. The van der Waals surface area contributed by atoms with E-state index in [1.165, 1.54) is 0 Å². The molecule has 1 amide bonds. The van der Waals surface area contributed by atoms with Crippen LogP contribution < -0.4 is 5.32 Å². The van der Waals surface area contributed by atoms with Gasteiger partial charge >= 0.3 is 0 Å². The molecule has 0 saturated heterocycles. The second-order valence-electron chi connectivity index (χ2n) is 4.73. The molecule has 0 atom stereocenters. The van der Waals surface area contributed by atoms with Crippen molar-refractivity contribution in [3.8, 4) is 0 Å². The highest BCUT2D eigenvalue weighted by Crippen LogP contribution is 2.15. The Balaban J connectivity index is 1.62. The van der Waals surface area contributed by atoms with Crippen molar-refractivity contribution in [3.05, 3.63) is 59.2 Å². The zero-order valence-electron chi connectivity index (χ0n) is 11.3. The fourth-order valence-electron chi connectivity index (χ4n) is 2.17. The lowest BCUT2D eigenvalue weighted by atomic mass is 10.2. The molecule has 0 spiro atoms. The predicted octanol–water partition coefficient (Wildman–Crippen LogP) is 3.83. The number of amides is 1. The molecule has 3 rings (SSSR count). The van der Waals surface area contributed by atoms with E-state index >= 15 is 0 Å². The van der Waals surface area contributed by atoms with Crippen LogP contribution in [0.25, 0.3) is 10.9 Å². The first-order valence-electron chi connectivity index (χ1n) is 6.68.